The maximum absolute atomic E-state index is 13.2. The molecule has 0 saturated heterocycles. The van der Waals surface area contributed by atoms with Crippen molar-refractivity contribution in [2.24, 2.45) is 0 Å². The number of nitrogens with one attached hydrogen (secondary N) is 1. The Kier molecular flexibility index (Phi) is 6.38. The van der Waals surface area contributed by atoms with E-state index in [1.807, 2.05) is 13.0 Å². The van der Waals surface area contributed by atoms with E-state index < -0.39 is 21.7 Å². The fourth-order valence-corrected chi connectivity index (χ4v) is 5.48. The van der Waals surface area contributed by atoms with Crippen LogP contribution in [0.5, 0.6) is 0 Å². The largest absolute Gasteiger partial charge is 0.444 e. The van der Waals surface area contributed by atoms with Crippen molar-refractivity contribution in [2.45, 2.75) is 38.2 Å². The highest BCUT2D eigenvalue weighted by atomic mass is 127. The minimum Gasteiger partial charge on any atom is -0.444 e. The second-order valence-electron chi connectivity index (χ2n) is 8.78. The topological polar surface area (TPSA) is 103 Å². The van der Waals surface area contributed by atoms with Crippen molar-refractivity contribution >= 4 is 55.4 Å². The smallest absolute Gasteiger partial charge is 0.412 e. The highest BCUT2D eigenvalue weighted by Gasteiger charge is 2.22. The molecule has 34 heavy (non-hydrogen) atoms. The molecule has 0 saturated carbocycles. The Morgan fingerprint density at radius 1 is 1.06 bits per heavy atom. The zero-order chi connectivity index (χ0) is 24.7. The molecule has 1 N–H and O–H groups in total. The lowest BCUT2D eigenvalue weighted by Gasteiger charge is -2.19. The number of aromatic nitrogens is 3. The summed E-state index contributed by atoms with van der Waals surface area (Å²) in [5, 5.41) is 3.37. The number of halogens is 1. The third-order valence-electron chi connectivity index (χ3n) is 4.86. The molecule has 0 unspecified atom stereocenters. The molecule has 0 atom stereocenters. The van der Waals surface area contributed by atoms with Gasteiger partial charge in [-0.1, -0.05) is 17.7 Å². The molecule has 10 heteroatoms. The molecule has 8 nitrogen and oxygen atoms in total. The molecule has 1 aromatic carbocycles. The highest BCUT2D eigenvalue weighted by Crippen LogP contribution is 2.30. The van der Waals surface area contributed by atoms with Gasteiger partial charge in [-0.15, -0.1) is 0 Å². The summed E-state index contributed by atoms with van der Waals surface area (Å²) < 4.78 is 33.7. The molecule has 0 radical (unpaired) electrons. The Morgan fingerprint density at radius 3 is 2.41 bits per heavy atom. The number of aryl methyl sites for hydroxylation is 1. The van der Waals surface area contributed by atoms with Gasteiger partial charge in [0.2, 0.25) is 0 Å². The van der Waals surface area contributed by atoms with Crippen LogP contribution < -0.4 is 5.32 Å². The monoisotopic (exact) mass is 590 g/mol. The summed E-state index contributed by atoms with van der Waals surface area (Å²) in [7, 11) is -3.80. The van der Waals surface area contributed by atoms with Crippen LogP contribution in [0.4, 0.5) is 10.5 Å². The van der Waals surface area contributed by atoms with E-state index in [0.717, 1.165) is 14.7 Å². The summed E-state index contributed by atoms with van der Waals surface area (Å²) in [6.45, 7) is 7.26. The Balaban J connectivity index is 1.69. The summed E-state index contributed by atoms with van der Waals surface area (Å²) in [6.07, 6.45) is 5.75. The zero-order valence-corrected chi connectivity index (χ0v) is 22.0. The Hall–Kier alpha value is -2.99. The Bertz CT molecular complexity index is 1490. The number of hydrogen-bond donors (Lipinski definition) is 1. The van der Waals surface area contributed by atoms with Gasteiger partial charge < -0.3 is 4.74 Å². The molecule has 0 fully saturated rings. The molecule has 4 rings (SSSR count). The molecule has 1 amide bonds. The van der Waals surface area contributed by atoms with E-state index in [4.69, 9.17) is 4.74 Å². The van der Waals surface area contributed by atoms with Crippen molar-refractivity contribution < 1.29 is 17.9 Å². The zero-order valence-electron chi connectivity index (χ0n) is 19.0. The van der Waals surface area contributed by atoms with Crippen LogP contribution in [0.15, 0.2) is 66.1 Å². The van der Waals surface area contributed by atoms with Gasteiger partial charge in [0.15, 0.2) is 5.65 Å². The summed E-state index contributed by atoms with van der Waals surface area (Å²) in [5.41, 5.74) is 2.62. The highest BCUT2D eigenvalue weighted by molar-refractivity contribution is 14.1. The van der Waals surface area contributed by atoms with E-state index in [-0.39, 0.29) is 4.90 Å². The third-order valence-corrected chi connectivity index (χ3v) is 7.38. The molecular weight excluding hydrogens is 567 g/mol. The van der Waals surface area contributed by atoms with Crippen LogP contribution in [0.2, 0.25) is 0 Å². The van der Waals surface area contributed by atoms with Crippen LogP contribution >= 0.6 is 22.6 Å². The van der Waals surface area contributed by atoms with Crippen LogP contribution in [-0.2, 0) is 14.8 Å². The van der Waals surface area contributed by atoms with E-state index in [1.165, 1.54) is 10.2 Å². The van der Waals surface area contributed by atoms with Gasteiger partial charge in [-0.25, -0.2) is 22.2 Å². The molecule has 3 aromatic heterocycles. The number of amides is 1. The van der Waals surface area contributed by atoms with Crippen molar-refractivity contribution in [1.82, 2.24) is 13.9 Å². The fraction of sp³-hybridized carbons (Fsp3) is 0.208. The number of rotatable bonds is 4. The van der Waals surface area contributed by atoms with Crippen LogP contribution in [0.3, 0.4) is 0 Å². The maximum Gasteiger partial charge on any atom is 0.412 e. The normalized spacial score (nSPS) is 12.0. The summed E-state index contributed by atoms with van der Waals surface area (Å²) in [4.78, 5) is 21.0. The average molecular weight is 590 g/mol. The second kappa shape index (κ2) is 8.99. The number of anilines is 1. The lowest BCUT2D eigenvalue weighted by Crippen LogP contribution is -2.27. The van der Waals surface area contributed by atoms with Gasteiger partial charge in [0, 0.05) is 38.7 Å². The minimum absolute atomic E-state index is 0.197. The number of hydrogen-bond acceptors (Lipinski definition) is 6. The van der Waals surface area contributed by atoms with Gasteiger partial charge in [0.25, 0.3) is 10.0 Å². The minimum atomic E-state index is -3.80. The van der Waals surface area contributed by atoms with Crippen LogP contribution in [0.25, 0.3) is 22.2 Å². The van der Waals surface area contributed by atoms with Gasteiger partial charge in [0.05, 0.1) is 16.8 Å². The molecule has 176 valence electrons. The number of nitrogens with zero attached hydrogens (tertiary/aromatic N) is 3. The van der Waals surface area contributed by atoms with E-state index in [9.17, 15) is 13.2 Å². The summed E-state index contributed by atoms with van der Waals surface area (Å²) >= 11 is 2.10. The summed E-state index contributed by atoms with van der Waals surface area (Å²) in [5.74, 6) is 0. The SMILES string of the molecule is Cc1ccc(S(=O)(=O)n2cc(I)c3cc(-c4cncc(NC(=O)OC(C)(C)C)c4)cnc32)cc1. The molecule has 0 spiro atoms. The van der Waals surface area contributed by atoms with Gasteiger partial charge in [-0.3, -0.25) is 10.3 Å². The number of carbonyl (C=O) groups excluding carboxylic acids is 1. The molecule has 3 heterocycles. The summed E-state index contributed by atoms with van der Waals surface area (Å²) in [6, 6.07) is 10.3. The molecule has 0 bridgehead atoms. The first-order valence-electron chi connectivity index (χ1n) is 10.4. The van der Waals surface area contributed by atoms with Crippen LogP contribution in [0.1, 0.15) is 26.3 Å². The molecule has 4 aromatic rings. The lowest BCUT2D eigenvalue weighted by atomic mass is 10.1. The average Bonchev–Trinajstić information content (AvgIpc) is 3.09. The van der Waals surface area contributed by atoms with Crippen molar-refractivity contribution in [3.63, 3.8) is 0 Å². The van der Waals surface area contributed by atoms with Crippen LogP contribution in [0, 0.1) is 10.5 Å². The number of carbonyl (C=O) groups is 1. The first kappa shape index (κ1) is 24.1. The number of ether oxygens (including phenoxy) is 1. The standard InChI is InChI=1S/C24H23IN4O4S/c1-15-5-7-19(8-6-15)34(31,32)29-14-21(25)20-10-17(12-27-22(20)29)16-9-18(13-26-11-16)28-23(30)33-24(2,3)4/h5-14H,1-4H3,(H,28,30). The van der Waals surface area contributed by atoms with Crippen molar-refractivity contribution in [2.75, 3.05) is 5.32 Å². The molecular formula is C24H23IN4O4S. The molecule has 0 aliphatic heterocycles. The lowest BCUT2D eigenvalue weighted by molar-refractivity contribution is 0.0636. The van der Waals surface area contributed by atoms with Gasteiger partial charge in [-0.2, -0.15) is 0 Å². The van der Waals surface area contributed by atoms with Crippen LogP contribution in [-0.4, -0.2) is 34.1 Å². The molecule has 0 aliphatic rings. The number of pyridine rings is 2. The fourth-order valence-electron chi connectivity index (χ4n) is 3.30. The Morgan fingerprint density at radius 2 is 1.74 bits per heavy atom. The first-order chi connectivity index (χ1) is 15.9. The van der Waals surface area contributed by atoms with E-state index in [1.54, 1.807) is 69.7 Å². The first-order valence-corrected chi connectivity index (χ1v) is 12.9. The predicted octanol–water partition coefficient (Wildman–Crippen LogP) is 5.60. The van der Waals surface area contributed by atoms with Gasteiger partial charge in [0.1, 0.15) is 5.60 Å². The van der Waals surface area contributed by atoms with Gasteiger partial charge >= 0.3 is 6.09 Å². The van der Waals surface area contributed by atoms with E-state index in [0.29, 0.717) is 22.3 Å². The van der Waals surface area contributed by atoms with E-state index in [2.05, 4.69) is 37.9 Å². The Labute approximate surface area is 211 Å². The van der Waals surface area contributed by atoms with Crippen molar-refractivity contribution in [3.05, 3.63) is 70.3 Å². The molecule has 0 aliphatic carbocycles. The number of fused-ring (bicyclic) bond motifs is 1. The van der Waals surface area contributed by atoms with Crippen molar-refractivity contribution in [3.8, 4) is 11.1 Å². The quantitative estimate of drug-likeness (QED) is 0.311. The van der Waals surface area contributed by atoms with Gasteiger partial charge in [-0.05, 0) is 74.6 Å². The van der Waals surface area contributed by atoms with Crippen molar-refractivity contribution in [1.29, 1.82) is 0 Å². The van der Waals surface area contributed by atoms with E-state index >= 15 is 0 Å². The second-order valence-corrected chi connectivity index (χ2v) is 11.8. The predicted molar refractivity (Wildman–Crippen MR) is 139 cm³/mol. The maximum atomic E-state index is 13.2. The third kappa shape index (κ3) is 5.07. The number of benzene rings is 1.